The van der Waals surface area contributed by atoms with E-state index in [4.69, 9.17) is 16.3 Å². The highest BCUT2D eigenvalue weighted by Gasteiger charge is 2.18. The second-order valence-corrected chi connectivity index (χ2v) is 9.32. The first-order chi connectivity index (χ1) is 15.6. The molecule has 33 heavy (non-hydrogen) atoms. The molecule has 172 valence electrons. The van der Waals surface area contributed by atoms with Crippen LogP contribution in [0.25, 0.3) is 0 Å². The van der Waals surface area contributed by atoms with Gasteiger partial charge >= 0.3 is 0 Å². The van der Waals surface area contributed by atoms with Crippen LogP contribution in [0.2, 0.25) is 5.02 Å². The van der Waals surface area contributed by atoms with Crippen LogP contribution in [-0.2, 0) is 14.8 Å². The van der Waals surface area contributed by atoms with Crippen LogP contribution in [0.4, 0.5) is 5.69 Å². The molecule has 0 saturated heterocycles. The normalized spacial score (nSPS) is 10.9. The van der Waals surface area contributed by atoms with Crippen molar-refractivity contribution in [2.75, 3.05) is 11.3 Å². The Hall–Kier alpha value is -3.56. The first-order valence-electron chi connectivity index (χ1n) is 9.82. The number of amides is 2. The Morgan fingerprint density at radius 2 is 1.61 bits per heavy atom. The number of sulfonamides is 1. The summed E-state index contributed by atoms with van der Waals surface area (Å²) in [7, 11) is -3.99. The predicted molar refractivity (Wildman–Crippen MR) is 126 cm³/mol. The molecule has 0 heterocycles. The molecule has 0 bridgehead atoms. The predicted octanol–water partition coefficient (Wildman–Crippen LogP) is 3.60. The smallest absolute Gasteiger partial charge is 0.276 e. The lowest BCUT2D eigenvalue weighted by atomic mass is 10.1. The molecule has 3 aromatic carbocycles. The van der Waals surface area contributed by atoms with Gasteiger partial charge in [-0.3, -0.25) is 25.2 Å². The van der Waals surface area contributed by atoms with Gasteiger partial charge in [0.2, 0.25) is 0 Å². The largest absolute Gasteiger partial charge is 0.484 e. The second-order valence-electron chi connectivity index (χ2n) is 7.23. The number of para-hydroxylation sites is 1. The molecule has 0 aliphatic heterocycles. The van der Waals surface area contributed by atoms with E-state index >= 15 is 0 Å². The molecule has 3 N–H and O–H groups in total. The van der Waals surface area contributed by atoms with Crippen LogP contribution in [0, 0.1) is 13.8 Å². The molecular formula is C23H22ClN3O5S. The quantitative estimate of drug-likeness (QED) is 0.441. The monoisotopic (exact) mass is 487 g/mol. The third kappa shape index (κ3) is 6.71. The van der Waals surface area contributed by atoms with E-state index in [9.17, 15) is 18.0 Å². The summed E-state index contributed by atoms with van der Waals surface area (Å²) in [5.74, 6) is -0.728. The van der Waals surface area contributed by atoms with E-state index < -0.39 is 21.8 Å². The Balaban J connectivity index is 1.60. The van der Waals surface area contributed by atoms with Crippen molar-refractivity contribution in [3.63, 3.8) is 0 Å². The lowest BCUT2D eigenvalue weighted by Gasteiger charge is -2.12. The summed E-state index contributed by atoms with van der Waals surface area (Å²) in [6, 6.07) is 17.3. The molecule has 0 aromatic heterocycles. The molecule has 8 nitrogen and oxygen atoms in total. The van der Waals surface area contributed by atoms with E-state index in [0.717, 1.165) is 11.1 Å². The van der Waals surface area contributed by atoms with Gasteiger partial charge < -0.3 is 4.74 Å². The summed E-state index contributed by atoms with van der Waals surface area (Å²) < 4.78 is 33.2. The van der Waals surface area contributed by atoms with Crippen LogP contribution in [0.5, 0.6) is 5.75 Å². The van der Waals surface area contributed by atoms with Crippen molar-refractivity contribution in [1.29, 1.82) is 0 Å². The molecule has 0 fully saturated rings. The first kappa shape index (κ1) is 24.1. The Bertz CT molecular complexity index is 1270. The average molecular weight is 488 g/mol. The molecule has 0 radical (unpaired) electrons. The topological polar surface area (TPSA) is 114 Å². The van der Waals surface area contributed by atoms with Crippen molar-refractivity contribution in [2.45, 2.75) is 18.7 Å². The molecule has 0 atom stereocenters. The van der Waals surface area contributed by atoms with Crippen LogP contribution in [-0.4, -0.2) is 26.8 Å². The van der Waals surface area contributed by atoms with E-state index in [0.29, 0.717) is 5.75 Å². The summed E-state index contributed by atoms with van der Waals surface area (Å²) in [6.07, 6.45) is 0. The number of aryl methyl sites for hydroxylation is 2. The number of anilines is 1. The van der Waals surface area contributed by atoms with Crippen LogP contribution < -0.4 is 20.3 Å². The fourth-order valence-corrected chi connectivity index (χ4v) is 4.32. The Morgan fingerprint density at radius 3 is 2.30 bits per heavy atom. The van der Waals surface area contributed by atoms with Crippen LogP contribution in [0.1, 0.15) is 21.5 Å². The molecule has 0 aliphatic carbocycles. The van der Waals surface area contributed by atoms with E-state index in [1.807, 2.05) is 19.9 Å². The van der Waals surface area contributed by atoms with Gasteiger partial charge in [0.05, 0.1) is 15.6 Å². The van der Waals surface area contributed by atoms with Gasteiger partial charge in [0.15, 0.2) is 6.61 Å². The van der Waals surface area contributed by atoms with Crippen molar-refractivity contribution in [2.24, 2.45) is 0 Å². The lowest BCUT2D eigenvalue weighted by molar-refractivity contribution is -0.123. The van der Waals surface area contributed by atoms with E-state index in [1.54, 1.807) is 30.3 Å². The molecular weight excluding hydrogens is 466 g/mol. The van der Waals surface area contributed by atoms with Gasteiger partial charge in [-0.15, -0.1) is 0 Å². The van der Waals surface area contributed by atoms with Crippen molar-refractivity contribution in [3.8, 4) is 5.75 Å². The van der Waals surface area contributed by atoms with Gasteiger partial charge in [0, 0.05) is 5.56 Å². The standard InChI is InChI=1S/C23H22ClN3O5S/c1-15-10-16(2)12-18(11-15)32-14-22(28)25-26-23(29)17-6-5-7-19(13-17)33(30,31)27-21-9-4-3-8-20(21)24/h3-13,27H,14H2,1-2H3,(H,25,28)(H,26,29). The molecule has 0 aliphatic rings. The minimum absolute atomic E-state index is 0.0348. The lowest BCUT2D eigenvalue weighted by Crippen LogP contribution is -2.43. The van der Waals surface area contributed by atoms with Crippen molar-refractivity contribution in [1.82, 2.24) is 10.9 Å². The SMILES string of the molecule is Cc1cc(C)cc(OCC(=O)NNC(=O)c2cccc(S(=O)(=O)Nc3ccccc3Cl)c2)c1. The van der Waals surface area contributed by atoms with E-state index in [1.165, 1.54) is 30.3 Å². The van der Waals surface area contributed by atoms with Gasteiger partial charge in [0.25, 0.3) is 21.8 Å². The fraction of sp³-hybridized carbons (Fsp3) is 0.130. The maximum Gasteiger partial charge on any atom is 0.276 e. The van der Waals surface area contributed by atoms with Gasteiger partial charge in [-0.05, 0) is 67.4 Å². The molecule has 0 spiro atoms. The second kappa shape index (κ2) is 10.4. The Kier molecular flexibility index (Phi) is 7.57. The Morgan fingerprint density at radius 1 is 0.909 bits per heavy atom. The summed E-state index contributed by atoms with van der Waals surface area (Å²) in [6.45, 7) is 3.52. The third-order valence-electron chi connectivity index (χ3n) is 4.41. The first-order valence-corrected chi connectivity index (χ1v) is 11.7. The number of carbonyl (C=O) groups excluding carboxylic acids is 2. The van der Waals surface area contributed by atoms with Gasteiger partial charge in [-0.2, -0.15) is 0 Å². The summed E-state index contributed by atoms with van der Waals surface area (Å²) in [4.78, 5) is 24.3. The number of halogens is 1. The van der Waals surface area contributed by atoms with Crippen LogP contribution in [0.15, 0.2) is 71.6 Å². The highest BCUT2D eigenvalue weighted by Crippen LogP contribution is 2.24. The van der Waals surface area contributed by atoms with Crippen LogP contribution >= 0.6 is 11.6 Å². The maximum atomic E-state index is 12.7. The summed E-state index contributed by atoms with van der Waals surface area (Å²) >= 11 is 6.01. The zero-order valence-electron chi connectivity index (χ0n) is 17.9. The maximum absolute atomic E-state index is 12.7. The summed E-state index contributed by atoms with van der Waals surface area (Å²) in [5.41, 5.74) is 6.72. The van der Waals surface area contributed by atoms with Gasteiger partial charge in [0.1, 0.15) is 5.75 Å². The van der Waals surface area contributed by atoms with E-state index in [-0.39, 0.29) is 27.8 Å². The number of hydrazine groups is 1. The van der Waals surface area contributed by atoms with E-state index in [2.05, 4.69) is 15.6 Å². The molecule has 3 aromatic rings. The zero-order chi connectivity index (χ0) is 24.0. The third-order valence-corrected chi connectivity index (χ3v) is 6.10. The van der Waals surface area contributed by atoms with Crippen molar-refractivity contribution in [3.05, 3.63) is 88.4 Å². The summed E-state index contributed by atoms with van der Waals surface area (Å²) in [5, 5.41) is 0.237. The number of carbonyl (C=O) groups is 2. The minimum atomic E-state index is -3.99. The van der Waals surface area contributed by atoms with Gasteiger partial charge in [-0.1, -0.05) is 35.9 Å². The highest BCUT2D eigenvalue weighted by atomic mass is 35.5. The number of rotatable bonds is 7. The molecule has 0 saturated carbocycles. The number of ether oxygens (including phenoxy) is 1. The van der Waals surface area contributed by atoms with Gasteiger partial charge in [-0.25, -0.2) is 8.42 Å². The molecule has 0 unspecified atom stereocenters. The number of hydrogen-bond acceptors (Lipinski definition) is 5. The number of benzene rings is 3. The Labute approximate surface area is 196 Å². The average Bonchev–Trinajstić information content (AvgIpc) is 2.77. The fourth-order valence-electron chi connectivity index (χ4n) is 2.95. The highest BCUT2D eigenvalue weighted by molar-refractivity contribution is 7.92. The minimum Gasteiger partial charge on any atom is -0.484 e. The molecule has 3 rings (SSSR count). The number of nitrogens with one attached hydrogen (secondary N) is 3. The zero-order valence-corrected chi connectivity index (χ0v) is 19.5. The van der Waals surface area contributed by atoms with Crippen molar-refractivity contribution < 1.29 is 22.7 Å². The molecule has 2 amide bonds. The number of hydrogen-bond donors (Lipinski definition) is 3. The van der Waals surface area contributed by atoms with Crippen molar-refractivity contribution >= 4 is 39.1 Å². The van der Waals surface area contributed by atoms with Crippen LogP contribution in [0.3, 0.4) is 0 Å². The molecule has 10 heteroatoms.